The fraction of sp³-hybridized carbons (Fsp3) is 0.345. The maximum Gasteiger partial charge on any atom is 0.325 e. The van der Waals surface area contributed by atoms with Gasteiger partial charge in [0.1, 0.15) is 6.54 Å². The molecule has 4 rings (SSSR count). The van der Waals surface area contributed by atoms with Gasteiger partial charge in [-0.3, -0.25) is 9.59 Å². The number of aryl methyl sites for hydroxylation is 2. The smallest absolute Gasteiger partial charge is 0.325 e. The van der Waals surface area contributed by atoms with Gasteiger partial charge in [-0.15, -0.1) is 0 Å². The minimum absolute atomic E-state index is 0.230. The maximum absolute atomic E-state index is 13.1. The fourth-order valence-corrected chi connectivity index (χ4v) is 4.67. The van der Waals surface area contributed by atoms with E-state index in [1.54, 1.807) is 12.1 Å². The number of benzene rings is 3. The molecular weight excluding hydrogens is 454 g/mol. The summed E-state index contributed by atoms with van der Waals surface area (Å²) < 4.78 is 5.39. The molecule has 0 spiro atoms. The summed E-state index contributed by atoms with van der Waals surface area (Å²) in [5.41, 5.74) is 3.22. The number of hydrogen-bond acceptors (Lipinski definition) is 4. The molecule has 0 heterocycles. The van der Waals surface area contributed by atoms with Gasteiger partial charge in [-0.05, 0) is 66.6 Å². The second kappa shape index (κ2) is 11.7. The van der Waals surface area contributed by atoms with E-state index in [4.69, 9.17) is 4.74 Å². The van der Waals surface area contributed by atoms with Crippen molar-refractivity contribution in [3.63, 3.8) is 0 Å². The summed E-state index contributed by atoms with van der Waals surface area (Å²) in [4.78, 5) is 38.2. The van der Waals surface area contributed by atoms with E-state index in [1.807, 2.05) is 56.3 Å². The highest BCUT2D eigenvalue weighted by Crippen LogP contribution is 2.26. The van der Waals surface area contributed by atoms with Crippen molar-refractivity contribution in [1.29, 1.82) is 0 Å². The molecule has 1 aliphatic carbocycles. The van der Waals surface area contributed by atoms with Gasteiger partial charge in [-0.2, -0.15) is 0 Å². The molecule has 1 saturated carbocycles. The molecule has 36 heavy (non-hydrogen) atoms. The van der Waals surface area contributed by atoms with Crippen LogP contribution in [0.5, 0.6) is 0 Å². The van der Waals surface area contributed by atoms with E-state index in [9.17, 15) is 14.4 Å². The lowest BCUT2D eigenvalue weighted by Gasteiger charge is -2.21. The summed E-state index contributed by atoms with van der Waals surface area (Å²) in [6, 6.07) is 16.4. The van der Waals surface area contributed by atoms with Crippen LogP contribution in [-0.2, 0) is 9.53 Å². The number of para-hydroxylation sites is 1. The van der Waals surface area contributed by atoms with Gasteiger partial charge >= 0.3 is 12.0 Å². The van der Waals surface area contributed by atoms with Crippen LogP contribution in [0.2, 0.25) is 0 Å². The first-order valence-electron chi connectivity index (χ1n) is 12.5. The molecule has 3 aromatic rings. The Morgan fingerprint density at radius 1 is 0.861 bits per heavy atom. The maximum atomic E-state index is 13.1. The monoisotopic (exact) mass is 487 g/mol. The highest BCUT2D eigenvalue weighted by atomic mass is 16.5. The summed E-state index contributed by atoms with van der Waals surface area (Å²) >= 11 is 0. The number of rotatable bonds is 7. The molecular formula is C29H33N3O4. The summed E-state index contributed by atoms with van der Waals surface area (Å²) in [5, 5.41) is 10.1. The molecule has 0 unspecified atom stereocenters. The van der Waals surface area contributed by atoms with Crippen molar-refractivity contribution >= 4 is 40.1 Å². The van der Waals surface area contributed by atoms with E-state index in [-0.39, 0.29) is 12.1 Å². The number of hydrogen-bond donors (Lipinski definition) is 3. The number of urea groups is 1. The zero-order valence-corrected chi connectivity index (χ0v) is 20.9. The van der Waals surface area contributed by atoms with Crippen LogP contribution in [0.25, 0.3) is 10.8 Å². The second-order valence-corrected chi connectivity index (χ2v) is 9.46. The van der Waals surface area contributed by atoms with Crippen LogP contribution in [0.3, 0.4) is 0 Å². The van der Waals surface area contributed by atoms with Crippen LogP contribution in [0.15, 0.2) is 54.6 Å². The third-order valence-corrected chi connectivity index (χ3v) is 6.70. The Bertz CT molecular complexity index is 1240. The van der Waals surface area contributed by atoms with Gasteiger partial charge in [0, 0.05) is 5.69 Å². The zero-order chi connectivity index (χ0) is 25.5. The minimum atomic E-state index is -0.461. The molecule has 1 aliphatic rings. The normalized spacial score (nSPS) is 13.7. The molecule has 0 bridgehead atoms. The van der Waals surface area contributed by atoms with Crippen molar-refractivity contribution in [1.82, 2.24) is 5.32 Å². The molecule has 0 atom stereocenters. The molecule has 3 aromatic carbocycles. The van der Waals surface area contributed by atoms with Gasteiger partial charge in [0.25, 0.3) is 5.91 Å². The molecule has 0 saturated heterocycles. The van der Waals surface area contributed by atoms with Crippen molar-refractivity contribution in [3.8, 4) is 0 Å². The van der Waals surface area contributed by atoms with E-state index in [1.165, 1.54) is 19.3 Å². The SMILES string of the molecule is Cc1cccc(C)c1NC(=O)Nc1cc2ccccc2cc1C(=O)NCC(=O)OCC1CCCCC1. The molecule has 3 N–H and O–H groups in total. The fourth-order valence-electron chi connectivity index (χ4n) is 4.67. The number of carbonyl (C=O) groups is 3. The number of ether oxygens (including phenoxy) is 1. The van der Waals surface area contributed by atoms with E-state index < -0.39 is 17.9 Å². The van der Waals surface area contributed by atoms with Gasteiger partial charge in [0.15, 0.2) is 0 Å². The van der Waals surface area contributed by atoms with Gasteiger partial charge in [-0.1, -0.05) is 61.7 Å². The zero-order valence-electron chi connectivity index (χ0n) is 20.9. The number of amides is 3. The number of carbonyl (C=O) groups excluding carboxylic acids is 3. The van der Waals surface area contributed by atoms with Crippen LogP contribution in [0.1, 0.15) is 53.6 Å². The lowest BCUT2D eigenvalue weighted by molar-refractivity contribution is -0.144. The predicted octanol–water partition coefficient (Wildman–Crippen LogP) is 5.95. The van der Waals surface area contributed by atoms with Crippen LogP contribution in [0.4, 0.5) is 16.2 Å². The molecule has 7 heteroatoms. The van der Waals surface area contributed by atoms with Crippen molar-refractivity contribution in [3.05, 3.63) is 71.3 Å². The topological polar surface area (TPSA) is 96.5 Å². The second-order valence-electron chi connectivity index (χ2n) is 9.46. The van der Waals surface area contributed by atoms with Crippen molar-refractivity contribution < 1.29 is 19.1 Å². The van der Waals surface area contributed by atoms with Crippen LogP contribution >= 0.6 is 0 Å². The average Bonchev–Trinajstić information content (AvgIpc) is 2.88. The van der Waals surface area contributed by atoms with E-state index in [2.05, 4.69) is 16.0 Å². The van der Waals surface area contributed by atoms with Gasteiger partial charge in [0.2, 0.25) is 0 Å². The van der Waals surface area contributed by atoms with Gasteiger partial charge in [-0.25, -0.2) is 4.79 Å². The molecule has 3 amide bonds. The quantitative estimate of drug-likeness (QED) is 0.359. The van der Waals surface area contributed by atoms with Gasteiger partial charge in [0.05, 0.1) is 17.9 Å². The molecule has 0 aliphatic heterocycles. The highest BCUT2D eigenvalue weighted by Gasteiger charge is 2.19. The van der Waals surface area contributed by atoms with E-state index >= 15 is 0 Å². The first-order chi connectivity index (χ1) is 17.4. The first kappa shape index (κ1) is 25.2. The Morgan fingerprint density at radius 3 is 2.22 bits per heavy atom. The highest BCUT2D eigenvalue weighted by molar-refractivity contribution is 6.10. The minimum Gasteiger partial charge on any atom is -0.464 e. The van der Waals surface area contributed by atoms with E-state index in [0.717, 1.165) is 40.4 Å². The van der Waals surface area contributed by atoms with Crippen LogP contribution < -0.4 is 16.0 Å². The Morgan fingerprint density at radius 2 is 1.53 bits per heavy atom. The Labute approximate surface area is 211 Å². The largest absolute Gasteiger partial charge is 0.464 e. The lowest BCUT2D eigenvalue weighted by Crippen LogP contribution is -2.32. The third kappa shape index (κ3) is 6.42. The average molecular weight is 488 g/mol. The Kier molecular flexibility index (Phi) is 8.21. The van der Waals surface area contributed by atoms with E-state index in [0.29, 0.717) is 18.2 Å². The van der Waals surface area contributed by atoms with Crippen molar-refractivity contribution in [2.45, 2.75) is 46.0 Å². The predicted molar refractivity (Wildman–Crippen MR) is 142 cm³/mol. The number of nitrogens with one attached hydrogen (secondary N) is 3. The molecule has 1 fully saturated rings. The van der Waals surface area contributed by atoms with Crippen molar-refractivity contribution in [2.75, 3.05) is 23.8 Å². The lowest BCUT2D eigenvalue weighted by atomic mass is 9.90. The Balaban J connectivity index is 1.45. The summed E-state index contributed by atoms with van der Waals surface area (Å²) in [5.74, 6) is -0.514. The number of esters is 1. The summed E-state index contributed by atoms with van der Waals surface area (Å²) in [6.45, 7) is 4.01. The first-order valence-corrected chi connectivity index (χ1v) is 12.5. The van der Waals surface area contributed by atoms with Gasteiger partial charge < -0.3 is 20.7 Å². The number of anilines is 2. The van der Waals surface area contributed by atoms with Crippen LogP contribution in [0, 0.1) is 19.8 Å². The molecule has 0 radical (unpaired) electrons. The molecule has 0 aromatic heterocycles. The standard InChI is InChI=1S/C29H33N3O4/c1-19-9-8-10-20(2)27(19)32-29(35)31-25-16-23-14-7-6-13-22(23)15-24(25)28(34)30-17-26(33)36-18-21-11-4-3-5-12-21/h6-10,13-16,21H,3-5,11-12,17-18H2,1-2H3,(H,30,34)(H2,31,32,35). The summed E-state index contributed by atoms with van der Waals surface area (Å²) in [6.07, 6.45) is 5.75. The molecule has 188 valence electrons. The van der Waals surface area contributed by atoms with Crippen LogP contribution in [-0.4, -0.2) is 31.1 Å². The summed E-state index contributed by atoms with van der Waals surface area (Å²) in [7, 11) is 0. The molecule has 7 nitrogen and oxygen atoms in total. The third-order valence-electron chi connectivity index (χ3n) is 6.70. The van der Waals surface area contributed by atoms with Crippen molar-refractivity contribution in [2.24, 2.45) is 5.92 Å². The number of fused-ring (bicyclic) bond motifs is 1. The Hall–Kier alpha value is -3.87.